The summed E-state index contributed by atoms with van der Waals surface area (Å²) in [5.74, 6) is -2.28. The molecule has 3 aromatic rings. The molecule has 3 rings (SSSR count). The van der Waals surface area contributed by atoms with Crippen molar-refractivity contribution in [1.82, 2.24) is 20.8 Å². The summed E-state index contributed by atoms with van der Waals surface area (Å²) in [7, 11) is 0. The molecule has 0 unspecified atom stereocenters. The molecule has 0 aliphatic rings. The lowest BCUT2D eigenvalue weighted by molar-refractivity contribution is -0.384. The summed E-state index contributed by atoms with van der Waals surface area (Å²) in [4.78, 5) is 52.8. The molecule has 34 heavy (non-hydrogen) atoms. The van der Waals surface area contributed by atoms with Gasteiger partial charge in [0.05, 0.1) is 20.4 Å². The highest BCUT2D eigenvalue weighted by atomic mass is 35.5. The molecule has 0 aliphatic heterocycles. The molecular formula is C18H12Cl2N8O6. The predicted octanol–water partition coefficient (Wildman–Crippen LogP) is 3.11. The molecule has 0 spiro atoms. The fourth-order valence-electron chi connectivity index (χ4n) is 2.51. The monoisotopic (exact) mass is 506 g/mol. The highest BCUT2D eigenvalue weighted by Gasteiger charge is 2.24. The third kappa shape index (κ3) is 5.62. The lowest BCUT2D eigenvalue weighted by Gasteiger charge is -2.12. The maximum atomic E-state index is 12.3. The highest BCUT2D eigenvalue weighted by molar-refractivity contribution is 6.36. The SMILES string of the molecule is O=C(NNc1ncnc(NNC(=O)c2ccc(Cl)cc2Cl)c1[N+](=O)[O-])c1ccc([N+](=O)[O-])cc1. The number of nitro groups is 2. The van der Waals surface area contributed by atoms with Crippen molar-refractivity contribution >= 4 is 58.0 Å². The van der Waals surface area contributed by atoms with Gasteiger partial charge in [0.1, 0.15) is 6.33 Å². The maximum Gasteiger partial charge on any atom is 0.356 e. The molecule has 0 radical (unpaired) electrons. The fraction of sp³-hybridized carbons (Fsp3) is 0. The van der Waals surface area contributed by atoms with Gasteiger partial charge in [-0.05, 0) is 30.3 Å². The number of nitrogens with one attached hydrogen (secondary N) is 4. The first-order valence-electron chi connectivity index (χ1n) is 8.99. The summed E-state index contributed by atoms with van der Waals surface area (Å²) in [6.45, 7) is 0. The Morgan fingerprint density at radius 3 is 1.94 bits per heavy atom. The zero-order chi connectivity index (χ0) is 24.8. The normalized spacial score (nSPS) is 10.2. The van der Waals surface area contributed by atoms with Gasteiger partial charge in [-0.15, -0.1) is 0 Å². The molecule has 174 valence electrons. The average molecular weight is 507 g/mol. The van der Waals surface area contributed by atoms with E-state index < -0.39 is 39.0 Å². The molecule has 0 bridgehead atoms. The number of amides is 2. The summed E-state index contributed by atoms with van der Waals surface area (Å²) in [5, 5.41) is 22.7. The number of nitro benzene ring substituents is 1. The van der Waals surface area contributed by atoms with Crippen molar-refractivity contribution in [1.29, 1.82) is 0 Å². The van der Waals surface area contributed by atoms with Gasteiger partial charge in [-0.3, -0.25) is 51.5 Å². The van der Waals surface area contributed by atoms with Crippen molar-refractivity contribution < 1.29 is 19.4 Å². The van der Waals surface area contributed by atoms with Gasteiger partial charge in [0.2, 0.25) is 11.6 Å². The van der Waals surface area contributed by atoms with E-state index in [1.165, 1.54) is 30.3 Å². The molecule has 2 amide bonds. The Hall–Kier alpha value is -4.56. The van der Waals surface area contributed by atoms with E-state index in [-0.39, 0.29) is 21.8 Å². The molecule has 0 saturated carbocycles. The minimum Gasteiger partial charge on any atom is -0.276 e. The second-order valence-corrected chi connectivity index (χ2v) is 7.11. The van der Waals surface area contributed by atoms with Gasteiger partial charge in [-0.2, -0.15) is 0 Å². The summed E-state index contributed by atoms with van der Waals surface area (Å²) in [6, 6.07) is 8.80. The Morgan fingerprint density at radius 2 is 1.41 bits per heavy atom. The molecule has 0 fully saturated rings. The van der Waals surface area contributed by atoms with Crippen molar-refractivity contribution in [3.8, 4) is 0 Å². The van der Waals surface area contributed by atoms with Gasteiger partial charge in [0.15, 0.2) is 0 Å². The van der Waals surface area contributed by atoms with E-state index in [2.05, 4.69) is 31.7 Å². The number of rotatable bonds is 8. The van der Waals surface area contributed by atoms with Crippen LogP contribution < -0.4 is 21.7 Å². The Morgan fingerprint density at radius 1 is 0.824 bits per heavy atom. The summed E-state index contributed by atoms with van der Waals surface area (Å²) >= 11 is 11.8. The quantitative estimate of drug-likeness (QED) is 0.260. The second-order valence-electron chi connectivity index (χ2n) is 6.26. The van der Waals surface area contributed by atoms with Crippen LogP contribution in [0.4, 0.5) is 23.0 Å². The number of hydrogen-bond acceptors (Lipinski definition) is 10. The molecule has 0 saturated heterocycles. The standard InChI is InChI=1S/C18H12Cl2N8O6/c19-10-3-6-12(13(20)7-10)18(30)26-24-16-14(28(33)34)15(21-8-22-16)23-25-17(29)9-1-4-11(5-2-9)27(31)32/h1-8H,(H,25,29)(H,26,30)(H2,21,22,23,24). The average Bonchev–Trinajstić information content (AvgIpc) is 2.80. The largest absolute Gasteiger partial charge is 0.356 e. The van der Waals surface area contributed by atoms with Crippen molar-refractivity contribution in [2.45, 2.75) is 0 Å². The van der Waals surface area contributed by atoms with Gasteiger partial charge in [0, 0.05) is 22.7 Å². The van der Waals surface area contributed by atoms with Crippen LogP contribution in [0.15, 0.2) is 48.8 Å². The molecule has 1 heterocycles. The van der Waals surface area contributed by atoms with Crippen LogP contribution in [0, 0.1) is 20.2 Å². The lowest BCUT2D eigenvalue weighted by atomic mass is 10.2. The number of hydrogen-bond donors (Lipinski definition) is 4. The van der Waals surface area contributed by atoms with Crippen molar-refractivity contribution in [2.75, 3.05) is 10.9 Å². The van der Waals surface area contributed by atoms with Crippen molar-refractivity contribution in [2.24, 2.45) is 0 Å². The number of anilines is 2. The van der Waals surface area contributed by atoms with Crippen LogP contribution in [-0.2, 0) is 0 Å². The maximum absolute atomic E-state index is 12.3. The molecule has 14 nitrogen and oxygen atoms in total. The zero-order valence-electron chi connectivity index (χ0n) is 16.6. The van der Waals surface area contributed by atoms with Gasteiger partial charge in [-0.1, -0.05) is 23.2 Å². The molecule has 4 N–H and O–H groups in total. The number of non-ortho nitro benzene ring substituents is 1. The van der Waals surface area contributed by atoms with Gasteiger partial charge in [0.25, 0.3) is 17.5 Å². The van der Waals surface area contributed by atoms with Gasteiger partial charge in [-0.25, -0.2) is 9.97 Å². The van der Waals surface area contributed by atoms with Crippen molar-refractivity contribution in [3.05, 3.63) is 90.2 Å². The number of halogens is 2. The Bertz CT molecular complexity index is 1290. The number of nitrogens with zero attached hydrogens (tertiary/aromatic N) is 4. The van der Waals surface area contributed by atoms with Crippen LogP contribution in [0.25, 0.3) is 0 Å². The fourth-order valence-corrected chi connectivity index (χ4v) is 3.01. The summed E-state index contributed by atoms with van der Waals surface area (Å²) in [6.07, 6.45) is 0.942. The lowest BCUT2D eigenvalue weighted by Crippen LogP contribution is -2.32. The first-order valence-corrected chi connectivity index (χ1v) is 9.74. The summed E-state index contributed by atoms with van der Waals surface area (Å²) in [5.41, 5.74) is 8.19. The third-order valence-electron chi connectivity index (χ3n) is 4.11. The molecular weight excluding hydrogens is 495 g/mol. The molecule has 16 heteroatoms. The van der Waals surface area contributed by atoms with E-state index in [0.29, 0.717) is 5.02 Å². The first kappa shape index (κ1) is 24.1. The number of carbonyl (C=O) groups is 2. The molecule has 0 atom stereocenters. The smallest absolute Gasteiger partial charge is 0.276 e. The summed E-state index contributed by atoms with van der Waals surface area (Å²) < 4.78 is 0. The van der Waals surface area contributed by atoms with E-state index in [1.807, 2.05) is 0 Å². The van der Waals surface area contributed by atoms with E-state index >= 15 is 0 Å². The van der Waals surface area contributed by atoms with E-state index in [4.69, 9.17) is 23.2 Å². The second kappa shape index (κ2) is 10.4. The predicted molar refractivity (Wildman–Crippen MR) is 120 cm³/mol. The van der Waals surface area contributed by atoms with Gasteiger partial charge < -0.3 is 0 Å². The molecule has 0 aliphatic carbocycles. The van der Waals surface area contributed by atoms with Crippen LogP contribution in [-0.4, -0.2) is 31.6 Å². The van der Waals surface area contributed by atoms with E-state index in [1.54, 1.807) is 0 Å². The van der Waals surface area contributed by atoms with Gasteiger partial charge >= 0.3 is 5.69 Å². The molecule has 1 aromatic heterocycles. The van der Waals surface area contributed by atoms with E-state index in [9.17, 15) is 29.8 Å². The topological polar surface area (TPSA) is 194 Å². The number of carbonyl (C=O) groups excluding carboxylic acids is 2. The Kier molecular flexibility index (Phi) is 7.35. The number of benzene rings is 2. The van der Waals surface area contributed by atoms with E-state index in [0.717, 1.165) is 18.5 Å². The number of aromatic nitrogens is 2. The van der Waals surface area contributed by atoms with Crippen LogP contribution in [0.1, 0.15) is 20.7 Å². The Balaban J connectivity index is 1.73. The minimum atomic E-state index is -0.843. The highest BCUT2D eigenvalue weighted by Crippen LogP contribution is 2.28. The minimum absolute atomic E-state index is 0.0419. The third-order valence-corrected chi connectivity index (χ3v) is 4.66. The van der Waals surface area contributed by atoms with Crippen LogP contribution in [0.3, 0.4) is 0 Å². The number of hydrazine groups is 2. The van der Waals surface area contributed by atoms with Crippen LogP contribution in [0.5, 0.6) is 0 Å². The Labute approximate surface area is 199 Å². The molecule has 2 aromatic carbocycles. The zero-order valence-corrected chi connectivity index (χ0v) is 18.1. The van der Waals surface area contributed by atoms with Crippen molar-refractivity contribution in [3.63, 3.8) is 0 Å². The van der Waals surface area contributed by atoms with Crippen LogP contribution in [0.2, 0.25) is 10.0 Å². The first-order chi connectivity index (χ1) is 16.2. The van der Waals surface area contributed by atoms with Crippen LogP contribution >= 0.6 is 23.2 Å².